The fraction of sp³-hybridized carbons (Fsp3) is 0.792. The number of nitroso groups, excluding NO2 is 1. The van der Waals surface area contributed by atoms with Crippen molar-refractivity contribution < 1.29 is 9.53 Å². The first-order valence-electron chi connectivity index (χ1n) is 11.2. The van der Waals surface area contributed by atoms with E-state index in [-0.39, 0.29) is 12.7 Å². The van der Waals surface area contributed by atoms with Gasteiger partial charge in [-0.2, -0.15) is 0 Å². The van der Waals surface area contributed by atoms with Gasteiger partial charge in [0.15, 0.2) is 0 Å². The highest BCUT2D eigenvalue weighted by molar-refractivity contribution is 5.69. The summed E-state index contributed by atoms with van der Waals surface area (Å²) < 4.78 is 4.59. The molecule has 0 aromatic heterocycles. The van der Waals surface area contributed by atoms with Gasteiger partial charge in [-0.25, -0.2) is 0 Å². The quantitative estimate of drug-likeness (QED) is 0.111. The van der Waals surface area contributed by atoms with Crippen molar-refractivity contribution in [1.29, 1.82) is 0 Å². The first-order valence-corrected chi connectivity index (χ1v) is 11.2. The molecule has 4 heteroatoms. The Labute approximate surface area is 172 Å². The number of ether oxygens (including phenoxy) is 1. The zero-order chi connectivity index (χ0) is 20.5. The molecule has 0 aromatic carbocycles. The SMILES string of the molecule is CCCCCCCCCCC#CC#CCCCCCCCCC(=O)OCN=O. The van der Waals surface area contributed by atoms with Gasteiger partial charge in [-0.3, -0.25) is 4.79 Å². The molecule has 0 N–H and O–H groups in total. The number of carbonyl (C=O) groups excluding carboxylic acids is 1. The molecule has 0 bridgehead atoms. The van der Waals surface area contributed by atoms with Crippen LogP contribution in [0.2, 0.25) is 0 Å². The smallest absolute Gasteiger partial charge is 0.307 e. The van der Waals surface area contributed by atoms with Crippen molar-refractivity contribution in [3.8, 4) is 23.7 Å². The average molecular weight is 390 g/mol. The molecular weight excluding hydrogens is 350 g/mol. The molecular formula is C24H39NO3. The van der Waals surface area contributed by atoms with Crippen LogP contribution in [0.3, 0.4) is 0 Å². The minimum atomic E-state index is -0.372. The van der Waals surface area contributed by atoms with Crippen molar-refractivity contribution in [3.05, 3.63) is 4.91 Å². The van der Waals surface area contributed by atoms with E-state index in [0.29, 0.717) is 6.42 Å². The Kier molecular flexibility index (Phi) is 21.7. The average Bonchev–Trinajstić information content (AvgIpc) is 2.70. The van der Waals surface area contributed by atoms with Crippen molar-refractivity contribution in [1.82, 2.24) is 0 Å². The summed E-state index contributed by atoms with van der Waals surface area (Å²) in [4.78, 5) is 21.0. The van der Waals surface area contributed by atoms with Crippen LogP contribution in [0.1, 0.15) is 116 Å². The highest BCUT2D eigenvalue weighted by atomic mass is 16.6. The third kappa shape index (κ3) is 22.2. The maximum Gasteiger partial charge on any atom is 0.307 e. The third-order valence-corrected chi connectivity index (χ3v) is 4.61. The van der Waals surface area contributed by atoms with E-state index in [4.69, 9.17) is 0 Å². The summed E-state index contributed by atoms with van der Waals surface area (Å²) in [7, 11) is 0. The first-order chi connectivity index (χ1) is 13.8. The largest absolute Gasteiger partial charge is 0.439 e. The number of unbranched alkanes of at least 4 members (excludes halogenated alkanes) is 14. The second-order valence-electron chi connectivity index (χ2n) is 7.22. The summed E-state index contributed by atoms with van der Waals surface area (Å²) in [6, 6.07) is 0. The van der Waals surface area contributed by atoms with Crippen molar-refractivity contribution in [2.24, 2.45) is 5.18 Å². The molecule has 0 fully saturated rings. The molecule has 0 rings (SSSR count). The molecule has 28 heavy (non-hydrogen) atoms. The van der Waals surface area contributed by atoms with Crippen molar-refractivity contribution in [3.63, 3.8) is 0 Å². The second-order valence-corrected chi connectivity index (χ2v) is 7.22. The van der Waals surface area contributed by atoms with Gasteiger partial charge in [0.05, 0.1) is 0 Å². The lowest BCUT2D eigenvalue weighted by atomic mass is 10.1. The summed E-state index contributed by atoms with van der Waals surface area (Å²) in [5.74, 6) is 11.9. The van der Waals surface area contributed by atoms with E-state index in [1.807, 2.05) is 0 Å². The fourth-order valence-electron chi connectivity index (χ4n) is 2.92. The summed E-state index contributed by atoms with van der Waals surface area (Å²) >= 11 is 0. The topological polar surface area (TPSA) is 55.7 Å². The number of nitrogens with zero attached hydrogens (tertiary/aromatic N) is 1. The lowest BCUT2D eigenvalue weighted by Crippen LogP contribution is -2.03. The van der Waals surface area contributed by atoms with Gasteiger partial charge in [0.1, 0.15) is 0 Å². The molecule has 0 aromatic rings. The lowest BCUT2D eigenvalue weighted by Gasteiger charge is -2.01. The standard InChI is InChI=1S/C24H39NO3/c1-2-3-4-5-6-7-8-9-10-11-12-13-14-15-16-17-18-19-20-21-22-24(26)28-23-25-27/h2-10,15-23H2,1H3. The van der Waals surface area contributed by atoms with Crippen LogP contribution in [0.25, 0.3) is 0 Å². The van der Waals surface area contributed by atoms with Gasteiger partial charge < -0.3 is 4.74 Å². The Hall–Kier alpha value is -1.81. The van der Waals surface area contributed by atoms with Crippen LogP contribution in [0.4, 0.5) is 0 Å². The molecule has 0 aliphatic heterocycles. The van der Waals surface area contributed by atoms with Gasteiger partial charge in [-0.1, -0.05) is 89.4 Å². The Morgan fingerprint density at radius 2 is 1.18 bits per heavy atom. The molecule has 0 aliphatic rings. The Balaban J connectivity index is 3.30. The van der Waals surface area contributed by atoms with Gasteiger partial charge >= 0.3 is 5.97 Å². The maximum atomic E-state index is 11.1. The van der Waals surface area contributed by atoms with E-state index in [9.17, 15) is 9.70 Å². The number of esters is 1. The molecule has 0 spiro atoms. The molecule has 158 valence electrons. The molecule has 0 unspecified atom stereocenters. The normalized spacial score (nSPS) is 9.75. The van der Waals surface area contributed by atoms with Gasteiger partial charge in [-0.15, -0.1) is 4.91 Å². The van der Waals surface area contributed by atoms with E-state index in [1.165, 1.54) is 57.8 Å². The molecule has 0 radical (unpaired) electrons. The lowest BCUT2D eigenvalue weighted by molar-refractivity contribution is -0.143. The number of rotatable bonds is 18. The van der Waals surface area contributed by atoms with Crippen molar-refractivity contribution in [2.45, 2.75) is 116 Å². The summed E-state index contributed by atoms with van der Waals surface area (Å²) in [6.07, 6.45) is 19.3. The zero-order valence-corrected chi connectivity index (χ0v) is 17.9. The van der Waals surface area contributed by atoms with Crippen molar-refractivity contribution >= 4 is 5.97 Å². The predicted octanol–water partition coefficient (Wildman–Crippen LogP) is 6.91. The summed E-state index contributed by atoms with van der Waals surface area (Å²) in [5, 5.41) is 2.50. The Bertz CT molecular complexity index is 493. The van der Waals surface area contributed by atoms with Crippen LogP contribution in [-0.4, -0.2) is 12.7 Å². The molecule has 0 amide bonds. The van der Waals surface area contributed by atoms with Crippen LogP contribution >= 0.6 is 0 Å². The fourth-order valence-corrected chi connectivity index (χ4v) is 2.92. The summed E-state index contributed by atoms with van der Waals surface area (Å²) in [5.41, 5.74) is 0. The van der Waals surface area contributed by atoms with E-state index in [0.717, 1.165) is 44.9 Å². The maximum absolute atomic E-state index is 11.1. The number of hydrogen-bond donors (Lipinski definition) is 0. The van der Waals surface area contributed by atoms with Gasteiger partial charge in [0, 0.05) is 19.3 Å². The highest BCUT2D eigenvalue weighted by Crippen LogP contribution is 2.10. The minimum absolute atomic E-state index is 0.335. The molecule has 4 nitrogen and oxygen atoms in total. The molecule has 0 heterocycles. The van der Waals surface area contributed by atoms with E-state index in [1.54, 1.807) is 0 Å². The number of hydrogen-bond acceptors (Lipinski definition) is 4. The Morgan fingerprint density at radius 1 is 0.714 bits per heavy atom. The van der Waals surface area contributed by atoms with Gasteiger partial charge in [-0.05, 0) is 36.3 Å². The second kappa shape index (κ2) is 23.2. The number of carbonyl (C=O) groups is 1. The first kappa shape index (κ1) is 26.2. The monoisotopic (exact) mass is 389 g/mol. The molecule has 0 saturated carbocycles. The molecule has 0 saturated heterocycles. The zero-order valence-electron chi connectivity index (χ0n) is 17.9. The van der Waals surface area contributed by atoms with Crippen LogP contribution < -0.4 is 0 Å². The molecule has 0 atom stereocenters. The van der Waals surface area contributed by atoms with Crippen LogP contribution in [-0.2, 0) is 9.53 Å². The van der Waals surface area contributed by atoms with Gasteiger partial charge in [0.2, 0.25) is 6.73 Å². The predicted molar refractivity (Wildman–Crippen MR) is 116 cm³/mol. The van der Waals surface area contributed by atoms with Crippen molar-refractivity contribution in [2.75, 3.05) is 6.73 Å². The third-order valence-electron chi connectivity index (χ3n) is 4.61. The molecule has 0 aliphatic carbocycles. The van der Waals surface area contributed by atoms with Crippen LogP contribution in [0.15, 0.2) is 5.18 Å². The Morgan fingerprint density at radius 3 is 1.68 bits per heavy atom. The van der Waals surface area contributed by atoms with E-state index >= 15 is 0 Å². The minimum Gasteiger partial charge on any atom is -0.439 e. The highest BCUT2D eigenvalue weighted by Gasteiger charge is 2.01. The van der Waals surface area contributed by atoms with Gasteiger partial charge in [0.25, 0.3) is 0 Å². The van der Waals surface area contributed by atoms with Crippen LogP contribution in [0, 0.1) is 28.6 Å². The van der Waals surface area contributed by atoms with Crippen LogP contribution in [0.5, 0.6) is 0 Å². The van der Waals surface area contributed by atoms with E-state index < -0.39 is 0 Å². The van der Waals surface area contributed by atoms with E-state index in [2.05, 4.69) is 40.5 Å². The summed E-state index contributed by atoms with van der Waals surface area (Å²) in [6.45, 7) is 1.88.